The van der Waals surface area contributed by atoms with Crippen LogP contribution in [0.15, 0.2) is 53.7 Å². The smallest absolute Gasteiger partial charge is 0.261 e. The second-order valence-corrected chi connectivity index (χ2v) is 7.75. The molecule has 0 saturated heterocycles. The summed E-state index contributed by atoms with van der Waals surface area (Å²) < 4.78 is 27.1. The number of hydrogen-bond donors (Lipinski definition) is 2. The Kier molecular flexibility index (Phi) is 5.23. The van der Waals surface area contributed by atoms with Crippen LogP contribution in [0.5, 0.6) is 0 Å². The molecule has 6 nitrogen and oxygen atoms in total. The number of nitrogens with one attached hydrogen (secondary N) is 2. The molecule has 0 bridgehead atoms. The van der Waals surface area contributed by atoms with Crippen LogP contribution in [0.2, 0.25) is 0 Å². The van der Waals surface area contributed by atoms with E-state index in [-0.39, 0.29) is 10.8 Å². The van der Waals surface area contributed by atoms with Crippen molar-refractivity contribution in [1.29, 1.82) is 0 Å². The largest absolute Gasteiger partial charge is 0.326 e. The molecule has 1 aromatic heterocycles. The molecule has 0 fully saturated rings. The van der Waals surface area contributed by atoms with Gasteiger partial charge in [0.05, 0.1) is 16.8 Å². The zero-order chi connectivity index (χ0) is 17.8. The van der Waals surface area contributed by atoms with Crippen molar-refractivity contribution in [2.45, 2.75) is 32.1 Å². The van der Waals surface area contributed by atoms with Crippen molar-refractivity contribution in [3.63, 3.8) is 0 Å². The van der Waals surface area contributed by atoms with Gasteiger partial charge in [-0.25, -0.2) is 8.42 Å². The van der Waals surface area contributed by atoms with Gasteiger partial charge in [0, 0.05) is 17.3 Å². The molecule has 0 saturated carbocycles. The fourth-order valence-electron chi connectivity index (χ4n) is 1.82. The van der Waals surface area contributed by atoms with Gasteiger partial charge in [0.2, 0.25) is 5.91 Å². The van der Waals surface area contributed by atoms with Crippen LogP contribution in [0.25, 0.3) is 0 Å². The Balaban J connectivity index is 2.13. The van der Waals surface area contributed by atoms with E-state index in [4.69, 9.17) is 0 Å². The highest BCUT2D eigenvalue weighted by molar-refractivity contribution is 7.92. The van der Waals surface area contributed by atoms with E-state index in [9.17, 15) is 13.2 Å². The van der Waals surface area contributed by atoms with Gasteiger partial charge in [-0.3, -0.25) is 14.5 Å². The predicted octanol–water partition coefficient (Wildman–Crippen LogP) is 3.26. The Morgan fingerprint density at radius 1 is 1.12 bits per heavy atom. The summed E-state index contributed by atoms with van der Waals surface area (Å²) in [4.78, 5) is 16.1. The zero-order valence-corrected chi connectivity index (χ0v) is 14.7. The van der Waals surface area contributed by atoms with Gasteiger partial charge in [-0.1, -0.05) is 20.8 Å². The number of carbonyl (C=O) groups is 1. The first-order valence-electron chi connectivity index (χ1n) is 7.59. The minimum absolute atomic E-state index is 0.103. The predicted molar refractivity (Wildman–Crippen MR) is 94.2 cm³/mol. The summed E-state index contributed by atoms with van der Waals surface area (Å²) in [5, 5.41) is 2.80. The van der Waals surface area contributed by atoms with Crippen LogP contribution in [0.1, 0.15) is 27.2 Å². The molecule has 0 unspecified atom stereocenters. The van der Waals surface area contributed by atoms with E-state index >= 15 is 0 Å². The van der Waals surface area contributed by atoms with Crippen molar-refractivity contribution < 1.29 is 13.2 Å². The lowest BCUT2D eigenvalue weighted by Gasteiger charge is -2.21. The summed E-state index contributed by atoms with van der Waals surface area (Å²) in [6, 6.07) is 9.31. The van der Waals surface area contributed by atoms with E-state index in [1.165, 1.54) is 18.3 Å². The van der Waals surface area contributed by atoms with Crippen molar-refractivity contribution in [1.82, 2.24) is 4.98 Å². The average Bonchev–Trinajstić information content (AvgIpc) is 2.56. The first kappa shape index (κ1) is 17.9. The number of sulfonamides is 1. The van der Waals surface area contributed by atoms with Crippen LogP contribution in [0, 0.1) is 5.41 Å². The number of hydrogen-bond acceptors (Lipinski definition) is 4. The summed E-state index contributed by atoms with van der Waals surface area (Å²) in [7, 11) is -3.69. The molecule has 2 aromatic rings. The van der Waals surface area contributed by atoms with Gasteiger partial charge >= 0.3 is 0 Å². The second-order valence-electron chi connectivity index (χ2n) is 6.06. The van der Waals surface area contributed by atoms with Crippen LogP contribution in [-0.2, 0) is 14.8 Å². The SMILES string of the molecule is CCC(C)(C)C(=O)Nc1ccc(S(=O)(=O)Nc2cccnc2)cc1. The molecule has 0 atom stereocenters. The van der Waals surface area contributed by atoms with E-state index in [1.54, 1.807) is 30.5 Å². The molecule has 1 heterocycles. The molecule has 1 amide bonds. The summed E-state index contributed by atoms with van der Waals surface area (Å²) in [6.45, 7) is 5.66. The van der Waals surface area contributed by atoms with Gasteiger partial charge in [-0.05, 0) is 42.8 Å². The standard InChI is InChI=1S/C17H21N3O3S/c1-4-17(2,3)16(21)19-13-7-9-15(10-8-13)24(22,23)20-14-6-5-11-18-12-14/h5-12,20H,4H2,1-3H3,(H,19,21). The van der Waals surface area contributed by atoms with Crippen LogP contribution in [0.4, 0.5) is 11.4 Å². The molecule has 0 radical (unpaired) electrons. The van der Waals surface area contributed by atoms with Crippen molar-refractivity contribution in [3.8, 4) is 0 Å². The number of benzene rings is 1. The minimum atomic E-state index is -3.69. The van der Waals surface area contributed by atoms with Gasteiger partial charge in [0.15, 0.2) is 0 Å². The number of nitrogens with zero attached hydrogens (tertiary/aromatic N) is 1. The molecule has 7 heteroatoms. The van der Waals surface area contributed by atoms with Gasteiger partial charge in [0.25, 0.3) is 10.0 Å². The van der Waals surface area contributed by atoms with E-state index in [0.29, 0.717) is 17.8 Å². The Bertz CT molecular complexity index is 801. The number of aromatic nitrogens is 1. The van der Waals surface area contributed by atoms with Gasteiger partial charge in [0.1, 0.15) is 0 Å². The number of anilines is 2. The summed E-state index contributed by atoms with van der Waals surface area (Å²) in [5.74, 6) is -0.103. The van der Waals surface area contributed by atoms with E-state index < -0.39 is 15.4 Å². The summed E-state index contributed by atoms with van der Waals surface area (Å²) in [5.41, 5.74) is 0.466. The highest BCUT2D eigenvalue weighted by atomic mass is 32.2. The van der Waals surface area contributed by atoms with Crippen molar-refractivity contribution in [2.24, 2.45) is 5.41 Å². The molecule has 1 aromatic carbocycles. The van der Waals surface area contributed by atoms with Gasteiger partial charge in [-0.15, -0.1) is 0 Å². The van der Waals surface area contributed by atoms with Crippen molar-refractivity contribution in [3.05, 3.63) is 48.8 Å². The van der Waals surface area contributed by atoms with E-state index in [1.807, 2.05) is 20.8 Å². The van der Waals surface area contributed by atoms with E-state index in [0.717, 1.165) is 0 Å². The molecule has 0 aliphatic rings. The van der Waals surface area contributed by atoms with Gasteiger partial charge < -0.3 is 5.32 Å². The van der Waals surface area contributed by atoms with Crippen LogP contribution >= 0.6 is 0 Å². The molecular formula is C17H21N3O3S. The quantitative estimate of drug-likeness (QED) is 0.839. The summed E-state index contributed by atoms with van der Waals surface area (Å²) in [6.07, 6.45) is 3.70. The maximum Gasteiger partial charge on any atom is 0.261 e. The normalized spacial score (nSPS) is 11.8. The monoisotopic (exact) mass is 347 g/mol. The number of pyridine rings is 1. The molecule has 2 N–H and O–H groups in total. The molecule has 24 heavy (non-hydrogen) atoms. The number of carbonyl (C=O) groups excluding carboxylic acids is 1. The van der Waals surface area contributed by atoms with Crippen molar-refractivity contribution >= 4 is 27.3 Å². The lowest BCUT2D eigenvalue weighted by molar-refractivity contribution is -0.124. The third kappa shape index (κ3) is 4.32. The fourth-order valence-corrected chi connectivity index (χ4v) is 2.86. The minimum Gasteiger partial charge on any atom is -0.326 e. The highest BCUT2D eigenvalue weighted by Crippen LogP contribution is 2.23. The Morgan fingerprint density at radius 3 is 2.33 bits per heavy atom. The first-order chi connectivity index (χ1) is 11.2. The maximum absolute atomic E-state index is 12.3. The molecular weight excluding hydrogens is 326 g/mol. The first-order valence-corrected chi connectivity index (χ1v) is 9.07. The number of amides is 1. The van der Waals surface area contributed by atoms with Crippen LogP contribution in [-0.4, -0.2) is 19.3 Å². The lowest BCUT2D eigenvalue weighted by Crippen LogP contribution is -2.29. The maximum atomic E-state index is 12.3. The molecule has 128 valence electrons. The van der Waals surface area contributed by atoms with Crippen molar-refractivity contribution in [2.75, 3.05) is 10.0 Å². The highest BCUT2D eigenvalue weighted by Gasteiger charge is 2.25. The second kappa shape index (κ2) is 7.00. The van der Waals surface area contributed by atoms with Crippen LogP contribution in [0.3, 0.4) is 0 Å². The summed E-state index contributed by atoms with van der Waals surface area (Å²) >= 11 is 0. The zero-order valence-electron chi connectivity index (χ0n) is 13.9. The topological polar surface area (TPSA) is 88.2 Å². The third-order valence-corrected chi connectivity index (χ3v) is 5.23. The Hall–Kier alpha value is -2.41. The average molecular weight is 347 g/mol. The van der Waals surface area contributed by atoms with E-state index in [2.05, 4.69) is 15.0 Å². The Morgan fingerprint density at radius 2 is 1.79 bits per heavy atom. The number of rotatable bonds is 6. The molecule has 0 aliphatic heterocycles. The van der Waals surface area contributed by atoms with Crippen LogP contribution < -0.4 is 10.0 Å². The molecule has 0 spiro atoms. The fraction of sp³-hybridized carbons (Fsp3) is 0.294. The third-order valence-electron chi connectivity index (χ3n) is 3.83. The van der Waals surface area contributed by atoms with Gasteiger partial charge in [-0.2, -0.15) is 0 Å². The lowest BCUT2D eigenvalue weighted by atomic mass is 9.89. The molecule has 2 rings (SSSR count). The molecule has 0 aliphatic carbocycles. The Labute approximate surface area is 142 Å².